The molecule has 100 valence electrons. The predicted octanol–water partition coefficient (Wildman–Crippen LogP) is 4.28. The molecule has 1 aliphatic carbocycles. The Balaban J connectivity index is 2.00. The lowest BCUT2D eigenvalue weighted by atomic mass is 9.72. The lowest BCUT2D eigenvalue weighted by Gasteiger charge is -2.36. The Kier molecular flexibility index (Phi) is 4.69. The van der Waals surface area contributed by atoms with Gasteiger partial charge in [0.2, 0.25) is 0 Å². The predicted molar refractivity (Wildman–Crippen MR) is 78.8 cm³/mol. The molecular weight excluding hydrogens is 242 g/mol. The third-order valence-electron chi connectivity index (χ3n) is 4.44. The van der Waals surface area contributed by atoms with E-state index < -0.39 is 0 Å². The van der Waals surface area contributed by atoms with E-state index in [2.05, 4.69) is 26.0 Å². The molecule has 2 rings (SSSR count). The van der Waals surface area contributed by atoms with Gasteiger partial charge in [-0.1, -0.05) is 37.6 Å². The molecule has 2 heteroatoms. The average Bonchev–Trinajstić information content (AvgIpc) is 2.34. The van der Waals surface area contributed by atoms with Gasteiger partial charge in [0, 0.05) is 11.1 Å². The van der Waals surface area contributed by atoms with Crippen molar-refractivity contribution in [2.75, 3.05) is 0 Å². The molecule has 1 aliphatic rings. The molecule has 0 bridgehead atoms. The third kappa shape index (κ3) is 3.49. The van der Waals surface area contributed by atoms with E-state index in [4.69, 9.17) is 17.3 Å². The van der Waals surface area contributed by atoms with Crippen molar-refractivity contribution < 1.29 is 0 Å². The van der Waals surface area contributed by atoms with Crippen LogP contribution in [-0.2, 0) is 6.42 Å². The second kappa shape index (κ2) is 6.08. The summed E-state index contributed by atoms with van der Waals surface area (Å²) < 4.78 is 0. The normalized spacial score (nSPS) is 28.6. The average molecular weight is 266 g/mol. The maximum absolute atomic E-state index is 6.29. The van der Waals surface area contributed by atoms with Crippen molar-refractivity contribution in [3.8, 4) is 0 Å². The van der Waals surface area contributed by atoms with E-state index in [1.807, 2.05) is 12.1 Å². The summed E-state index contributed by atoms with van der Waals surface area (Å²) in [6.07, 6.45) is 4.86. The highest BCUT2D eigenvalue weighted by molar-refractivity contribution is 6.30. The number of benzene rings is 1. The molecule has 0 aromatic heterocycles. The number of halogens is 1. The summed E-state index contributed by atoms with van der Waals surface area (Å²) in [5.74, 6) is 2.26. The largest absolute Gasteiger partial charge is 0.327 e. The third-order valence-corrected chi connectivity index (χ3v) is 4.69. The molecule has 0 spiro atoms. The van der Waals surface area contributed by atoms with Crippen LogP contribution < -0.4 is 5.73 Å². The number of hydrogen-bond acceptors (Lipinski definition) is 1. The zero-order chi connectivity index (χ0) is 13.1. The van der Waals surface area contributed by atoms with Gasteiger partial charge < -0.3 is 5.73 Å². The van der Waals surface area contributed by atoms with Crippen LogP contribution in [0.25, 0.3) is 0 Å². The standard InChI is InChI=1S/C16H24ClN/c1-11(2)13-5-8-16(18)14(10-13)9-12-3-6-15(17)7-4-12/h3-4,6-7,11,13-14,16H,5,8-10,18H2,1-2H3/t13-,14-,16-/m1/s1. The lowest BCUT2D eigenvalue weighted by Crippen LogP contribution is -2.38. The molecular formula is C16H24ClN. The van der Waals surface area contributed by atoms with Gasteiger partial charge in [-0.05, 0) is 61.1 Å². The SMILES string of the molecule is CC(C)[C@@H]1CC[C@@H](N)[C@H](Cc2ccc(Cl)cc2)C1. The minimum Gasteiger partial charge on any atom is -0.327 e. The molecule has 1 aromatic carbocycles. The van der Waals surface area contributed by atoms with Crippen LogP contribution in [0.5, 0.6) is 0 Å². The van der Waals surface area contributed by atoms with Gasteiger partial charge in [0.05, 0.1) is 0 Å². The summed E-state index contributed by atoms with van der Waals surface area (Å²) in [5, 5.41) is 0.812. The Morgan fingerprint density at radius 1 is 1.22 bits per heavy atom. The van der Waals surface area contributed by atoms with Crippen LogP contribution in [0.4, 0.5) is 0 Å². The highest BCUT2D eigenvalue weighted by Crippen LogP contribution is 2.34. The maximum Gasteiger partial charge on any atom is 0.0406 e. The second-order valence-electron chi connectivity index (χ2n) is 6.07. The first-order valence-corrected chi connectivity index (χ1v) is 7.44. The van der Waals surface area contributed by atoms with E-state index in [9.17, 15) is 0 Å². The molecule has 3 atom stereocenters. The van der Waals surface area contributed by atoms with Crippen molar-refractivity contribution in [2.45, 2.75) is 45.6 Å². The molecule has 1 aromatic rings. The fourth-order valence-electron chi connectivity index (χ4n) is 3.09. The molecule has 2 N–H and O–H groups in total. The molecule has 0 unspecified atom stereocenters. The van der Waals surface area contributed by atoms with E-state index in [1.54, 1.807) is 0 Å². The van der Waals surface area contributed by atoms with Crippen LogP contribution in [0.1, 0.15) is 38.7 Å². The van der Waals surface area contributed by atoms with Gasteiger partial charge in [-0.2, -0.15) is 0 Å². The van der Waals surface area contributed by atoms with Crippen LogP contribution >= 0.6 is 11.6 Å². The van der Waals surface area contributed by atoms with Crippen molar-refractivity contribution in [2.24, 2.45) is 23.5 Å². The minimum absolute atomic E-state index is 0.371. The maximum atomic E-state index is 6.29. The van der Waals surface area contributed by atoms with Gasteiger partial charge >= 0.3 is 0 Å². The highest BCUT2D eigenvalue weighted by Gasteiger charge is 2.29. The first-order valence-electron chi connectivity index (χ1n) is 7.06. The van der Waals surface area contributed by atoms with Crippen molar-refractivity contribution in [1.29, 1.82) is 0 Å². The molecule has 0 radical (unpaired) electrons. The fraction of sp³-hybridized carbons (Fsp3) is 0.625. The van der Waals surface area contributed by atoms with E-state index in [1.165, 1.54) is 24.8 Å². The minimum atomic E-state index is 0.371. The summed E-state index contributed by atoms with van der Waals surface area (Å²) in [4.78, 5) is 0. The summed E-state index contributed by atoms with van der Waals surface area (Å²) in [7, 11) is 0. The van der Waals surface area contributed by atoms with Crippen molar-refractivity contribution >= 4 is 11.6 Å². The highest BCUT2D eigenvalue weighted by atomic mass is 35.5. The first kappa shape index (κ1) is 13.9. The molecule has 0 amide bonds. The van der Waals surface area contributed by atoms with Crippen molar-refractivity contribution in [3.05, 3.63) is 34.9 Å². The molecule has 1 saturated carbocycles. The van der Waals surface area contributed by atoms with Gasteiger partial charge in [-0.25, -0.2) is 0 Å². The topological polar surface area (TPSA) is 26.0 Å². The Morgan fingerprint density at radius 3 is 2.50 bits per heavy atom. The monoisotopic (exact) mass is 265 g/mol. The van der Waals surface area contributed by atoms with E-state index in [0.29, 0.717) is 12.0 Å². The number of nitrogens with two attached hydrogens (primary N) is 1. The van der Waals surface area contributed by atoms with Gasteiger partial charge in [-0.15, -0.1) is 0 Å². The van der Waals surface area contributed by atoms with Crippen LogP contribution in [0.2, 0.25) is 5.02 Å². The van der Waals surface area contributed by atoms with E-state index >= 15 is 0 Å². The summed E-state index contributed by atoms with van der Waals surface area (Å²) in [6.45, 7) is 4.67. The Bertz CT molecular complexity index is 371. The molecule has 0 saturated heterocycles. The molecule has 18 heavy (non-hydrogen) atoms. The van der Waals surface area contributed by atoms with Crippen LogP contribution in [0.3, 0.4) is 0 Å². The van der Waals surface area contributed by atoms with Gasteiger partial charge in [0.1, 0.15) is 0 Å². The zero-order valence-electron chi connectivity index (χ0n) is 11.4. The molecule has 1 nitrogen and oxygen atoms in total. The number of rotatable bonds is 3. The van der Waals surface area contributed by atoms with Crippen LogP contribution in [0.15, 0.2) is 24.3 Å². The molecule has 1 fully saturated rings. The van der Waals surface area contributed by atoms with Crippen LogP contribution in [-0.4, -0.2) is 6.04 Å². The lowest BCUT2D eigenvalue weighted by molar-refractivity contribution is 0.189. The smallest absolute Gasteiger partial charge is 0.0406 e. The van der Waals surface area contributed by atoms with Gasteiger partial charge in [0.25, 0.3) is 0 Å². The van der Waals surface area contributed by atoms with Crippen molar-refractivity contribution in [1.82, 2.24) is 0 Å². The van der Waals surface area contributed by atoms with E-state index in [-0.39, 0.29) is 0 Å². The van der Waals surface area contributed by atoms with E-state index in [0.717, 1.165) is 23.3 Å². The summed E-state index contributed by atoms with van der Waals surface area (Å²) in [6, 6.07) is 8.59. The summed E-state index contributed by atoms with van der Waals surface area (Å²) >= 11 is 5.92. The Hall–Kier alpha value is -0.530. The quantitative estimate of drug-likeness (QED) is 0.867. The Labute approximate surface area is 116 Å². The van der Waals surface area contributed by atoms with Gasteiger partial charge in [-0.3, -0.25) is 0 Å². The first-order chi connectivity index (χ1) is 8.56. The molecule has 0 aliphatic heterocycles. The zero-order valence-corrected chi connectivity index (χ0v) is 12.2. The summed E-state index contributed by atoms with van der Waals surface area (Å²) in [5.41, 5.74) is 7.66. The second-order valence-corrected chi connectivity index (χ2v) is 6.51. The fourth-order valence-corrected chi connectivity index (χ4v) is 3.21. The van der Waals surface area contributed by atoms with Crippen molar-refractivity contribution in [3.63, 3.8) is 0 Å². The number of hydrogen-bond donors (Lipinski definition) is 1. The van der Waals surface area contributed by atoms with Gasteiger partial charge in [0.15, 0.2) is 0 Å². The Morgan fingerprint density at radius 2 is 1.89 bits per heavy atom. The van der Waals surface area contributed by atoms with Crippen LogP contribution in [0, 0.1) is 17.8 Å². The molecule has 0 heterocycles.